The maximum atomic E-state index is 4.10. The summed E-state index contributed by atoms with van der Waals surface area (Å²) in [6.45, 7) is 14.1. The van der Waals surface area contributed by atoms with Crippen LogP contribution in [0.2, 0.25) is 0 Å². The van der Waals surface area contributed by atoms with Gasteiger partial charge in [-0.15, -0.1) is 0 Å². The van der Waals surface area contributed by atoms with E-state index in [4.69, 9.17) is 0 Å². The largest absolute Gasteiger partial charge is 0.337 e. The topological polar surface area (TPSA) is 21.1 Å². The Hall–Kier alpha value is -0.830. The fourth-order valence-electron chi connectivity index (χ4n) is 2.40. The summed E-state index contributed by atoms with van der Waals surface area (Å²) in [6.07, 6.45) is 11.0. The van der Waals surface area contributed by atoms with Crippen molar-refractivity contribution in [2.45, 2.75) is 59.9 Å². The second-order valence-electron chi connectivity index (χ2n) is 6.71. The van der Waals surface area contributed by atoms with Crippen LogP contribution in [0.3, 0.4) is 0 Å². The van der Waals surface area contributed by atoms with Crippen molar-refractivity contribution in [2.24, 2.45) is 11.8 Å². The minimum atomic E-state index is 0.802. The van der Waals surface area contributed by atoms with Crippen LogP contribution in [0.15, 0.2) is 18.7 Å². The van der Waals surface area contributed by atoms with Gasteiger partial charge in [0.15, 0.2) is 0 Å². The molecule has 1 rings (SSSR count). The Morgan fingerprint density at radius 2 is 1.65 bits per heavy atom. The van der Waals surface area contributed by atoms with Gasteiger partial charge in [-0.25, -0.2) is 4.98 Å². The van der Waals surface area contributed by atoms with Crippen molar-refractivity contribution in [2.75, 3.05) is 19.6 Å². The van der Waals surface area contributed by atoms with Crippen molar-refractivity contribution < 1.29 is 0 Å². The molecule has 3 heteroatoms. The first-order valence-corrected chi connectivity index (χ1v) is 8.26. The lowest BCUT2D eigenvalue weighted by atomic mass is 10.1. The Labute approximate surface area is 125 Å². The van der Waals surface area contributed by atoms with E-state index in [-0.39, 0.29) is 0 Å². The zero-order valence-electron chi connectivity index (χ0n) is 13.9. The van der Waals surface area contributed by atoms with Gasteiger partial charge in [0.25, 0.3) is 0 Å². The highest BCUT2D eigenvalue weighted by Crippen LogP contribution is 2.08. The lowest BCUT2D eigenvalue weighted by molar-refractivity contribution is 0.241. The van der Waals surface area contributed by atoms with Gasteiger partial charge in [-0.2, -0.15) is 0 Å². The van der Waals surface area contributed by atoms with E-state index in [2.05, 4.69) is 48.3 Å². The molecule has 0 radical (unpaired) electrons. The van der Waals surface area contributed by atoms with Crippen molar-refractivity contribution in [3.63, 3.8) is 0 Å². The fraction of sp³-hybridized carbons (Fsp3) is 0.824. The van der Waals surface area contributed by atoms with Gasteiger partial charge in [-0.3, -0.25) is 0 Å². The number of rotatable bonds is 11. The summed E-state index contributed by atoms with van der Waals surface area (Å²) in [5.41, 5.74) is 0. The molecule has 1 aromatic heterocycles. The summed E-state index contributed by atoms with van der Waals surface area (Å²) in [5.74, 6) is 1.63. The highest BCUT2D eigenvalue weighted by Gasteiger charge is 2.06. The van der Waals surface area contributed by atoms with E-state index in [1.54, 1.807) is 0 Å². The first-order chi connectivity index (χ1) is 9.58. The molecule has 1 heterocycles. The average Bonchev–Trinajstić information content (AvgIpc) is 2.87. The predicted molar refractivity (Wildman–Crippen MR) is 86.8 cm³/mol. The highest BCUT2D eigenvalue weighted by atomic mass is 15.1. The summed E-state index contributed by atoms with van der Waals surface area (Å²) in [5, 5.41) is 0. The SMILES string of the molecule is CC(C)CCCN(CCCn1ccnc1)CCC(C)C. The van der Waals surface area contributed by atoms with Gasteiger partial charge in [-0.05, 0) is 57.2 Å². The van der Waals surface area contributed by atoms with Crippen LogP contribution in [-0.4, -0.2) is 34.1 Å². The van der Waals surface area contributed by atoms with Crippen LogP contribution in [-0.2, 0) is 6.54 Å². The van der Waals surface area contributed by atoms with Gasteiger partial charge < -0.3 is 9.47 Å². The van der Waals surface area contributed by atoms with Gasteiger partial charge in [0.05, 0.1) is 6.33 Å². The summed E-state index contributed by atoms with van der Waals surface area (Å²) in [4.78, 5) is 6.75. The molecule has 0 aliphatic rings. The van der Waals surface area contributed by atoms with Crippen LogP contribution >= 0.6 is 0 Å². The summed E-state index contributed by atoms with van der Waals surface area (Å²) in [6, 6.07) is 0. The molecule has 0 bridgehead atoms. The second kappa shape index (κ2) is 9.98. The Morgan fingerprint density at radius 3 is 2.25 bits per heavy atom. The standard InChI is InChI=1S/C17H33N3/c1-16(2)7-5-10-19(13-8-17(3)4)11-6-12-20-14-9-18-15-20/h9,14-17H,5-8,10-13H2,1-4H3. The van der Waals surface area contributed by atoms with Crippen molar-refractivity contribution in [3.8, 4) is 0 Å². The third-order valence-electron chi connectivity index (χ3n) is 3.73. The number of nitrogens with zero attached hydrogens (tertiary/aromatic N) is 3. The van der Waals surface area contributed by atoms with Crippen molar-refractivity contribution in [3.05, 3.63) is 18.7 Å². The van der Waals surface area contributed by atoms with Crippen molar-refractivity contribution in [1.29, 1.82) is 0 Å². The summed E-state index contributed by atoms with van der Waals surface area (Å²) < 4.78 is 2.18. The lowest BCUT2D eigenvalue weighted by Gasteiger charge is -2.23. The van der Waals surface area contributed by atoms with Crippen LogP contribution in [0, 0.1) is 11.8 Å². The normalized spacial score (nSPS) is 11.9. The van der Waals surface area contributed by atoms with E-state index in [9.17, 15) is 0 Å². The molecule has 0 atom stereocenters. The molecule has 1 aromatic rings. The molecule has 0 fully saturated rings. The lowest BCUT2D eigenvalue weighted by Crippen LogP contribution is -2.29. The van der Waals surface area contributed by atoms with E-state index in [0.29, 0.717) is 0 Å². The maximum absolute atomic E-state index is 4.10. The van der Waals surface area contributed by atoms with Gasteiger partial charge in [0, 0.05) is 18.9 Å². The first kappa shape index (κ1) is 17.2. The van der Waals surface area contributed by atoms with Crippen LogP contribution < -0.4 is 0 Å². The highest BCUT2D eigenvalue weighted by molar-refractivity contribution is 4.74. The van der Waals surface area contributed by atoms with Gasteiger partial charge in [-0.1, -0.05) is 27.7 Å². The molecule has 20 heavy (non-hydrogen) atoms. The predicted octanol–water partition coefficient (Wildman–Crippen LogP) is 4.06. The van der Waals surface area contributed by atoms with Crippen LogP contribution in [0.25, 0.3) is 0 Å². The minimum absolute atomic E-state index is 0.802. The van der Waals surface area contributed by atoms with Crippen LogP contribution in [0.4, 0.5) is 0 Å². The van der Waals surface area contributed by atoms with E-state index < -0.39 is 0 Å². The van der Waals surface area contributed by atoms with Gasteiger partial charge in [0.1, 0.15) is 0 Å². The van der Waals surface area contributed by atoms with E-state index in [1.807, 2.05) is 12.5 Å². The summed E-state index contributed by atoms with van der Waals surface area (Å²) >= 11 is 0. The molecule has 116 valence electrons. The maximum Gasteiger partial charge on any atom is 0.0945 e. The molecule has 3 nitrogen and oxygen atoms in total. The number of hydrogen-bond donors (Lipinski definition) is 0. The molecule has 0 amide bonds. The third-order valence-corrected chi connectivity index (χ3v) is 3.73. The molecular formula is C17H33N3. The van der Waals surface area contributed by atoms with E-state index in [1.165, 1.54) is 45.3 Å². The Balaban J connectivity index is 2.24. The monoisotopic (exact) mass is 279 g/mol. The smallest absolute Gasteiger partial charge is 0.0945 e. The first-order valence-electron chi connectivity index (χ1n) is 8.26. The van der Waals surface area contributed by atoms with Gasteiger partial charge >= 0.3 is 0 Å². The molecule has 0 aliphatic carbocycles. The molecule has 0 spiro atoms. The van der Waals surface area contributed by atoms with Crippen molar-refractivity contribution >= 4 is 0 Å². The van der Waals surface area contributed by atoms with Crippen molar-refractivity contribution in [1.82, 2.24) is 14.5 Å². The van der Waals surface area contributed by atoms with E-state index in [0.717, 1.165) is 18.4 Å². The fourth-order valence-corrected chi connectivity index (χ4v) is 2.40. The summed E-state index contributed by atoms with van der Waals surface area (Å²) in [7, 11) is 0. The number of aromatic nitrogens is 2. The zero-order valence-corrected chi connectivity index (χ0v) is 13.9. The number of hydrogen-bond acceptors (Lipinski definition) is 2. The zero-order chi connectivity index (χ0) is 14.8. The van der Waals surface area contributed by atoms with Gasteiger partial charge in [0.2, 0.25) is 0 Å². The molecule has 0 saturated carbocycles. The number of aryl methyl sites for hydroxylation is 1. The molecule has 0 aromatic carbocycles. The molecule has 0 unspecified atom stereocenters. The second-order valence-corrected chi connectivity index (χ2v) is 6.71. The Kier molecular flexibility index (Phi) is 8.59. The molecule has 0 N–H and O–H groups in total. The van der Waals surface area contributed by atoms with E-state index >= 15 is 0 Å². The average molecular weight is 279 g/mol. The Morgan fingerprint density at radius 1 is 0.950 bits per heavy atom. The number of imidazole rings is 1. The molecular weight excluding hydrogens is 246 g/mol. The third kappa shape index (κ3) is 8.36. The molecule has 0 saturated heterocycles. The quantitative estimate of drug-likeness (QED) is 0.609. The van der Waals surface area contributed by atoms with Crippen LogP contribution in [0.5, 0.6) is 0 Å². The van der Waals surface area contributed by atoms with Crippen LogP contribution in [0.1, 0.15) is 53.4 Å². The molecule has 0 aliphatic heterocycles. The Bertz CT molecular complexity index is 317. The minimum Gasteiger partial charge on any atom is -0.337 e.